The van der Waals surface area contributed by atoms with Crippen LogP contribution in [0.25, 0.3) is 0 Å². The van der Waals surface area contributed by atoms with Crippen molar-refractivity contribution in [2.75, 3.05) is 11.9 Å². The Morgan fingerprint density at radius 2 is 2.12 bits per heavy atom. The topological polar surface area (TPSA) is 15.3 Å². The molecule has 0 heterocycles. The van der Waals surface area contributed by atoms with Gasteiger partial charge >= 0.3 is 0 Å². The molecule has 2 nitrogen and oxygen atoms in total. The first-order valence-electron chi connectivity index (χ1n) is 6.32. The van der Waals surface area contributed by atoms with E-state index >= 15 is 0 Å². The molecular formula is C14H21ClN2. The summed E-state index contributed by atoms with van der Waals surface area (Å²) in [6.45, 7) is 5.26. The Balaban J connectivity index is 2.04. The minimum atomic E-state index is 0.461. The van der Waals surface area contributed by atoms with Crippen LogP contribution in [-0.2, 0) is 6.54 Å². The molecule has 0 spiro atoms. The summed E-state index contributed by atoms with van der Waals surface area (Å²) < 4.78 is 0. The molecule has 17 heavy (non-hydrogen) atoms. The van der Waals surface area contributed by atoms with Crippen molar-refractivity contribution < 1.29 is 0 Å². The van der Waals surface area contributed by atoms with Gasteiger partial charge in [-0.2, -0.15) is 0 Å². The predicted molar refractivity (Wildman–Crippen MR) is 74.9 cm³/mol. The molecule has 1 aliphatic rings. The molecule has 0 saturated heterocycles. The highest BCUT2D eigenvalue weighted by Crippen LogP contribution is 2.27. The average Bonchev–Trinajstić information content (AvgIpc) is 3.09. The third kappa shape index (κ3) is 3.36. The van der Waals surface area contributed by atoms with Crippen LogP contribution in [0.3, 0.4) is 0 Å². The first kappa shape index (κ1) is 12.7. The fraction of sp³-hybridized carbons (Fsp3) is 0.571. The molecule has 0 amide bonds. The lowest BCUT2D eigenvalue weighted by atomic mass is 10.1. The maximum absolute atomic E-state index is 6.33. The molecule has 0 unspecified atom stereocenters. The largest absolute Gasteiger partial charge is 0.371 e. The number of hydrogen-bond donors (Lipinski definition) is 1. The fourth-order valence-corrected chi connectivity index (χ4v) is 2.11. The van der Waals surface area contributed by atoms with Gasteiger partial charge in [-0.1, -0.05) is 17.7 Å². The highest BCUT2D eigenvalue weighted by atomic mass is 35.5. The number of nitrogens with zero attached hydrogens (tertiary/aromatic N) is 1. The zero-order chi connectivity index (χ0) is 12.4. The highest BCUT2D eigenvalue weighted by molar-refractivity contribution is 6.33. The number of hydrogen-bond acceptors (Lipinski definition) is 2. The van der Waals surface area contributed by atoms with E-state index in [1.54, 1.807) is 0 Å². The molecule has 1 aliphatic carbocycles. The van der Waals surface area contributed by atoms with Gasteiger partial charge in [-0.25, -0.2) is 0 Å². The van der Waals surface area contributed by atoms with Gasteiger partial charge in [0.2, 0.25) is 0 Å². The molecule has 0 aromatic heterocycles. The summed E-state index contributed by atoms with van der Waals surface area (Å²) in [5.41, 5.74) is 2.37. The van der Waals surface area contributed by atoms with Crippen LogP contribution in [0.4, 0.5) is 5.69 Å². The number of benzene rings is 1. The SMILES string of the molecule is CC(C)N(C)c1ccc(CNC2CC2)cc1Cl. The lowest BCUT2D eigenvalue weighted by Crippen LogP contribution is -2.26. The van der Waals surface area contributed by atoms with Crippen molar-refractivity contribution in [1.29, 1.82) is 0 Å². The molecule has 0 aliphatic heterocycles. The van der Waals surface area contributed by atoms with Crippen molar-refractivity contribution in [3.8, 4) is 0 Å². The molecule has 1 aromatic rings. The Kier molecular flexibility index (Phi) is 3.95. The number of nitrogens with one attached hydrogen (secondary N) is 1. The van der Waals surface area contributed by atoms with Gasteiger partial charge in [0, 0.05) is 25.7 Å². The van der Waals surface area contributed by atoms with E-state index in [-0.39, 0.29) is 0 Å². The highest BCUT2D eigenvalue weighted by Gasteiger charge is 2.20. The predicted octanol–water partition coefficient (Wildman–Crippen LogP) is 3.44. The first-order chi connectivity index (χ1) is 8.08. The first-order valence-corrected chi connectivity index (χ1v) is 6.70. The van der Waals surface area contributed by atoms with E-state index in [1.165, 1.54) is 18.4 Å². The molecule has 3 heteroatoms. The second kappa shape index (κ2) is 5.28. The molecule has 2 rings (SSSR count). The Morgan fingerprint density at radius 3 is 2.65 bits per heavy atom. The lowest BCUT2D eigenvalue weighted by molar-refractivity contribution is 0.687. The molecule has 0 radical (unpaired) electrons. The van der Waals surface area contributed by atoms with Crippen LogP contribution in [-0.4, -0.2) is 19.1 Å². The van der Waals surface area contributed by atoms with Crippen LogP contribution in [0.5, 0.6) is 0 Å². The van der Waals surface area contributed by atoms with E-state index in [4.69, 9.17) is 11.6 Å². The van der Waals surface area contributed by atoms with Gasteiger partial charge in [-0.3, -0.25) is 0 Å². The van der Waals surface area contributed by atoms with Gasteiger partial charge in [0.15, 0.2) is 0 Å². The summed E-state index contributed by atoms with van der Waals surface area (Å²) in [6.07, 6.45) is 2.64. The number of anilines is 1. The van der Waals surface area contributed by atoms with Crippen molar-refractivity contribution in [1.82, 2.24) is 5.32 Å². The molecule has 1 N–H and O–H groups in total. The fourth-order valence-electron chi connectivity index (χ4n) is 1.77. The zero-order valence-electron chi connectivity index (χ0n) is 10.8. The molecule has 0 atom stereocenters. The summed E-state index contributed by atoms with van der Waals surface area (Å²) in [5.74, 6) is 0. The van der Waals surface area contributed by atoms with Crippen LogP contribution in [0, 0.1) is 0 Å². The minimum absolute atomic E-state index is 0.461. The minimum Gasteiger partial charge on any atom is -0.371 e. The quantitative estimate of drug-likeness (QED) is 0.864. The summed E-state index contributed by atoms with van der Waals surface area (Å²) in [6, 6.07) is 7.56. The molecule has 1 fully saturated rings. The van der Waals surface area contributed by atoms with Gasteiger partial charge in [0.1, 0.15) is 0 Å². The maximum atomic E-state index is 6.33. The van der Waals surface area contributed by atoms with E-state index in [0.29, 0.717) is 6.04 Å². The molecular weight excluding hydrogens is 232 g/mol. The van der Waals surface area contributed by atoms with Gasteiger partial charge in [-0.15, -0.1) is 0 Å². The lowest BCUT2D eigenvalue weighted by Gasteiger charge is -2.25. The zero-order valence-corrected chi connectivity index (χ0v) is 11.6. The molecule has 0 bridgehead atoms. The van der Waals surface area contributed by atoms with Crippen molar-refractivity contribution in [2.45, 2.75) is 45.3 Å². The van der Waals surface area contributed by atoms with Crippen molar-refractivity contribution in [3.63, 3.8) is 0 Å². The third-order valence-corrected chi connectivity index (χ3v) is 3.64. The van der Waals surface area contributed by atoms with E-state index < -0.39 is 0 Å². The van der Waals surface area contributed by atoms with Gasteiger partial charge in [0.05, 0.1) is 10.7 Å². The van der Waals surface area contributed by atoms with Crippen LogP contribution in [0.2, 0.25) is 5.02 Å². The summed E-state index contributed by atoms with van der Waals surface area (Å²) in [7, 11) is 2.08. The Labute approximate surface area is 109 Å². The second-order valence-electron chi connectivity index (χ2n) is 5.15. The summed E-state index contributed by atoms with van der Waals surface area (Å²) >= 11 is 6.33. The van der Waals surface area contributed by atoms with Crippen LogP contribution in [0.15, 0.2) is 18.2 Å². The Morgan fingerprint density at radius 1 is 1.41 bits per heavy atom. The van der Waals surface area contributed by atoms with Crippen LogP contribution < -0.4 is 10.2 Å². The molecule has 1 aromatic carbocycles. The smallest absolute Gasteiger partial charge is 0.0642 e. The standard InChI is InChI=1S/C14H21ClN2/c1-10(2)17(3)14-7-4-11(8-13(14)15)9-16-12-5-6-12/h4,7-8,10,12,16H,5-6,9H2,1-3H3. The number of rotatable bonds is 5. The van der Waals surface area contributed by atoms with Crippen molar-refractivity contribution >= 4 is 17.3 Å². The second-order valence-corrected chi connectivity index (χ2v) is 5.55. The van der Waals surface area contributed by atoms with Crippen LogP contribution in [0.1, 0.15) is 32.3 Å². The van der Waals surface area contributed by atoms with Crippen molar-refractivity contribution in [2.24, 2.45) is 0 Å². The average molecular weight is 253 g/mol. The normalized spacial score (nSPS) is 15.4. The van der Waals surface area contributed by atoms with E-state index in [0.717, 1.165) is 23.3 Å². The Hall–Kier alpha value is -0.730. The third-order valence-electron chi connectivity index (χ3n) is 3.34. The van der Waals surface area contributed by atoms with E-state index in [9.17, 15) is 0 Å². The van der Waals surface area contributed by atoms with Gasteiger partial charge < -0.3 is 10.2 Å². The maximum Gasteiger partial charge on any atom is 0.0642 e. The van der Waals surface area contributed by atoms with Gasteiger partial charge in [0.25, 0.3) is 0 Å². The summed E-state index contributed by atoms with van der Waals surface area (Å²) in [5, 5.41) is 4.34. The monoisotopic (exact) mass is 252 g/mol. The number of halogens is 1. The Bertz CT molecular complexity index is 386. The summed E-state index contributed by atoms with van der Waals surface area (Å²) in [4.78, 5) is 2.19. The molecule has 94 valence electrons. The van der Waals surface area contributed by atoms with Crippen LogP contribution >= 0.6 is 11.6 Å². The van der Waals surface area contributed by atoms with Crippen molar-refractivity contribution in [3.05, 3.63) is 28.8 Å². The van der Waals surface area contributed by atoms with E-state index in [2.05, 4.69) is 49.3 Å². The molecule has 1 saturated carbocycles. The van der Waals surface area contributed by atoms with Gasteiger partial charge in [-0.05, 0) is 44.4 Å². The van der Waals surface area contributed by atoms with E-state index in [1.807, 2.05) is 0 Å².